The summed E-state index contributed by atoms with van der Waals surface area (Å²) < 4.78 is 23.3. The molecule has 3 rings (SSSR count). The smallest absolute Gasteiger partial charge is 0.303 e. The van der Waals surface area contributed by atoms with Gasteiger partial charge in [-0.1, -0.05) is 0 Å². The normalized spacial score (nSPS) is 21.9. The minimum absolute atomic E-state index is 0.0224. The lowest BCUT2D eigenvalue weighted by Gasteiger charge is -2.23. The fourth-order valence-electron chi connectivity index (χ4n) is 3.12. The van der Waals surface area contributed by atoms with Crippen LogP contribution < -0.4 is 10.4 Å². The number of H-pyrrole nitrogens is 1. The molecule has 1 aliphatic heterocycles. The van der Waals surface area contributed by atoms with Crippen LogP contribution >= 0.6 is 0 Å². The number of fused-ring (bicyclic) bond motifs is 1. The van der Waals surface area contributed by atoms with E-state index >= 15 is 0 Å². The molecule has 12 nitrogen and oxygen atoms in total. The Kier molecular flexibility index (Phi) is 5.92. The van der Waals surface area contributed by atoms with Gasteiger partial charge in [-0.05, 0) is 0 Å². The van der Waals surface area contributed by atoms with E-state index in [4.69, 9.17) is 18.9 Å². The SMILES string of the molecule is COc1c2[nH]cnc2nc(=NC(C)=O)n1[C@@H]1O[C@H](COC(C)=O)C[C@H]1OC(C)=O. The van der Waals surface area contributed by atoms with E-state index < -0.39 is 36.3 Å². The first-order valence-electron chi connectivity index (χ1n) is 8.81. The molecule has 3 heterocycles. The van der Waals surface area contributed by atoms with Crippen LogP contribution in [-0.2, 0) is 28.6 Å². The third kappa shape index (κ3) is 4.42. The van der Waals surface area contributed by atoms with Gasteiger partial charge in [0, 0.05) is 27.2 Å². The molecule has 0 spiro atoms. The molecule has 1 aliphatic rings. The lowest BCUT2D eigenvalue weighted by atomic mass is 10.2. The number of carbonyl (C=O) groups excluding carboxylic acids is 3. The summed E-state index contributed by atoms with van der Waals surface area (Å²) in [6.45, 7) is 3.81. The van der Waals surface area contributed by atoms with Crippen molar-refractivity contribution in [2.45, 2.75) is 45.6 Å². The zero-order valence-electron chi connectivity index (χ0n) is 16.4. The summed E-state index contributed by atoms with van der Waals surface area (Å²) in [6.07, 6.45) is -0.547. The number of rotatable bonds is 5. The van der Waals surface area contributed by atoms with Gasteiger partial charge in [0.1, 0.15) is 18.2 Å². The maximum absolute atomic E-state index is 11.7. The van der Waals surface area contributed by atoms with Crippen molar-refractivity contribution in [3.63, 3.8) is 0 Å². The monoisotopic (exact) mass is 407 g/mol. The number of nitrogens with one attached hydrogen (secondary N) is 1. The Morgan fingerprint density at radius 3 is 2.69 bits per heavy atom. The molecule has 1 N–H and O–H groups in total. The van der Waals surface area contributed by atoms with Crippen molar-refractivity contribution in [2.24, 2.45) is 4.99 Å². The van der Waals surface area contributed by atoms with Crippen LogP contribution in [0.1, 0.15) is 33.4 Å². The fraction of sp³-hybridized carbons (Fsp3) is 0.529. The Balaban J connectivity index is 2.13. The third-order valence-corrected chi connectivity index (χ3v) is 4.11. The maximum Gasteiger partial charge on any atom is 0.303 e. The van der Waals surface area contributed by atoms with Crippen LogP contribution in [0.5, 0.6) is 5.88 Å². The Morgan fingerprint density at radius 2 is 2.07 bits per heavy atom. The Morgan fingerprint density at radius 1 is 1.31 bits per heavy atom. The summed E-state index contributed by atoms with van der Waals surface area (Å²) in [5.41, 5.74) is 0.712. The first-order chi connectivity index (χ1) is 13.8. The average Bonchev–Trinajstić information content (AvgIpc) is 3.24. The summed E-state index contributed by atoms with van der Waals surface area (Å²) >= 11 is 0. The van der Waals surface area contributed by atoms with E-state index in [9.17, 15) is 14.4 Å². The predicted octanol–water partition coefficient (Wildman–Crippen LogP) is -0.00250. The number of hydrogen-bond acceptors (Lipinski definition) is 9. The predicted molar refractivity (Wildman–Crippen MR) is 95.4 cm³/mol. The van der Waals surface area contributed by atoms with Crippen molar-refractivity contribution in [3.05, 3.63) is 11.9 Å². The van der Waals surface area contributed by atoms with Crippen molar-refractivity contribution < 1.29 is 33.3 Å². The second-order valence-corrected chi connectivity index (χ2v) is 6.36. The fourth-order valence-corrected chi connectivity index (χ4v) is 3.12. The molecule has 156 valence electrons. The van der Waals surface area contributed by atoms with Crippen molar-refractivity contribution in [2.75, 3.05) is 13.7 Å². The van der Waals surface area contributed by atoms with Crippen LogP contribution in [-0.4, -0.2) is 63.3 Å². The standard InChI is InChI=1S/C17H21N5O7/c1-8(23)20-17-21-14-13(18-7-19-14)16(26-4)22(17)15-12(28-10(3)25)5-11(29-15)6-27-9(2)24/h7,11-12,15H,5-6H2,1-4H3,(H,18,19,20,21,23)/t11-,12+,15+/m0/s1. The van der Waals surface area contributed by atoms with Crippen LogP contribution in [0.2, 0.25) is 0 Å². The van der Waals surface area contributed by atoms with Gasteiger partial charge in [0.05, 0.1) is 19.5 Å². The molecule has 0 unspecified atom stereocenters. The number of hydrogen-bond donors (Lipinski definition) is 1. The number of aromatic amines is 1. The summed E-state index contributed by atoms with van der Waals surface area (Å²) in [5.74, 6) is -1.24. The molecule has 0 aliphatic carbocycles. The molecule has 2 aromatic rings. The molecule has 0 saturated carbocycles. The van der Waals surface area contributed by atoms with E-state index in [0.717, 1.165) is 0 Å². The largest absolute Gasteiger partial charge is 0.480 e. The van der Waals surface area contributed by atoms with E-state index in [0.29, 0.717) is 5.52 Å². The molecule has 1 fully saturated rings. The quantitative estimate of drug-likeness (QED) is 0.676. The Bertz CT molecular complexity index is 1010. The van der Waals surface area contributed by atoms with E-state index in [1.165, 1.54) is 38.8 Å². The number of esters is 2. The van der Waals surface area contributed by atoms with Crippen molar-refractivity contribution in [3.8, 4) is 5.88 Å². The van der Waals surface area contributed by atoms with E-state index in [-0.39, 0.29) is 30.2 Å². The van der Waals surface area contributed by atoms with Gasteiger partial charge in [-0.2, -0.15) is 9.98 Å². The van der Waals surface area contributed by atoms with Gasteiger partial charge in [0.25, 0.3) is 0 Å². The summed E-state index contributed by atoms with van der Waals surface area (Å²) in [4.78, 5) is 49.7. The first-order valence-corrected chi connectivity index (χ1v) is 8.81. The van der Waals surface area contributed by atoms with E-state index in [1.807, 2.05) is 0 Å². The molecule has 0 aromatic carbocycles. The van der Waals surface area contributed by atoms with E-state index in [2.05, 4.69) is 19.9 Å². The lowest BCUT2D eigenvalue weighted by Crippen LogP contribution is -2.36. The first kappa shape index (κ1) is 20.5. The van der Waals surface area contributed by atoms with E-state index in [1.54, 1.807) is 0 Å². The molecule has 3 atom stereocenters. The number of imidazole rings is 1. The number of ether oxygens (including phenoxy) is 4. The highest BCUT2D eigenvalue weighted by Gasteiger charge is 2.41. The molecule has 0 radical (unpaired) electrons. The second-order valence-electron chi connectivity index (χ2n) is 6.36. The number of methoxy groups -OCH3 is 1. The van der Waals surface area contributed by atoms with Crippen LogP contribution in [0.25, 0.3) is 11.2 Å². The third-order valence-electron chi connectivity index (χ3n) is 4.11. The molecule has 1 saturated heterocycles. The maximum atomic E-state index is 11.7. The van der Waals surface area contributed by atoms with Gasteiger partial charge in [-0.3, -0.25) is 14.4 Å². The van der Waals surface area contributed by atoms with Crippen LogP contribution in [0, 0.1) is 0 Å². The molecule has 12 heteroatoms. The van der Waals surface area contributed by atoms with Gasteiger partial charge in [0.2, 0.25) is 17.4 Å². The molecule has 2 aromatic heterocycles. The second kappa shape index (κ2) is 8.39. The summed E-state index contributed by atoms with van der Waals surface area (Å²) in [6, 6.07) is 0. The highest BCUT2D eigenvalue weighted by molar-refractivity contribution is 5.76. The summed E-state index contributed by atoms with van der Waals surface area (Å²) in [7, 11) is 1.43. The van der Waals surface area contributed by atoms with Crippen molar-refractivity contribution in [1.82, 2.24) is 19.5 Å². The number of nitrogens with zero attached hydrogens (tertiary/aromatic N) is 4. The van der Waals surface area contributed by atoms with Gasteiger partial charge >= 0.3 is 11.9 Å². The van der Waals surface area contributed by atoms with Crippen molar-refractivity contribution >= 4 is 29.0 Å². The minimum atomic E-state index is -0.923. The highest BCUT2D eigenvalue weighted by Crippen LogP contribution is 2.34. The number of amides is 1. The molecule has 29 heavy (non-hydrogen) atoms. The topological polar surface area (TPSA) is 147 Å². The minimum Gasteiger partial charge on any atom is -0.480 e. The molecular weight excluding hydrogens is 386 g/mol. The zero-order valence-corrected chi connectivity index (χ0v) is 16.4. The van der Waals surface area contributed by atoms with Gasteiger partial charge in [0.15, 0.2) is 11.9 Å². The highest BCUT2D eigenvalue weighted by atomic mass is 16.6. The van der Waals surface area contributed by atoms with Gasteiger partial charge in [-0.25, -0.2) is 9.55 Å². The molecular formula is C17H21N5O7. The molecule has 1 amide bonds. The summed E-state index contributed by atoms with van der Waals surface area (Å²) in [5, 5.41) is 0. The van der Waals surface area contributed by atoms with Crippen LogP contribution in [0.3, 0.4) is 0 Å². The van der Waals surface area contributed by atoms with Gasteiger partial charge in [-0.15, -0.1) is 0 Å². The Labute approximate surface area is 164 Å². The Hall–Kier alpha value is -3.28. The van der Waals surface area contributed by atoms with Crippen molar-refractivity contribution in [1.29, 1.82) is 0 Å². The van der Waals surface area contributed by atoms with Gasteiger partial charge < -0.3 is 23.9 Å². The van der Waals surface area contributed by atoms with Crippen LogP contribution in [0.4, 0.5) is 0 Å². The number of aromatic nitrogens is 4. The lowest BCUT2D eigenvalue weighted by molar-refractivity contribution is -0.153. The average molecular weight is 407 g/mol. The number of carbonyl (C=O) groups is 3. The van der Waals surface area contributed by atoms with Crippen LogP contribution in [0.15, 0.2) is 11.3 Å². The zero-order chi connectivity index (χ0) is 21.1. The molecule has 0 bridgehead atoms.